The number of carbonyl (C=O) groups excluding carboxylic acids is 2. The molecule has 0 bridgehead atoms. The van der Waals surface area contributed by atoms with Crippen LogP contribution in [0.4, 0.5) is 4.79 Å². The van der Waals surface area contributed by atoms with Crippen molar-refractivity contribution in [2.45, 2.75) is 25.5 Å². The first kappa shape index (κ1) is 13.7. The first-order chi connectivity index (χ1) is 7.10. The Bertz CT molecular complexity index is 215. The number of methoxy groups -OCH3 is 3. The number of esters is 1. The molecule has 1 amide bonds. The number of hydrogen-bond acceptors (Lipinski definition) is 5. The van der Waals surface area contributed by atoms with Gasteiger partial charge in [0.25, 0.3) is 0 Å². The fraction of sp³-hybridized carbons (Fsp3) is 0.778. The Morgan fingerprint density at radius 3 is 2.13 bits per heavy atom. The van der Waals surface area contributed by atoms with Gasteiger partial charge in [-0.3, -0.25) is 0 Å². The lowest BCUT2D eigenvalue weighted by molar-refractivity contribution is -0.146. The molecule has 0 aromatic rings. The minimum absolute atomic E-state index is 0.434. The Morgan fingerprint density at radius 1 is 1.20 bits per heavy atom. The van der Waals surface area contributed by atoms with Gasteiger partial charge < -0.3 is 19.5 Å². The van der Waals surface area contributed by atoms with Crippen molar-refractivity contribution in [1.29, 1.82) is 0 Å². The monoisotopic (exact) mass is 219 g/mol. The Hall–Kier alpha value is -1.30. The minimum atomic E-state index is -0.850. The molecule has 2 unspecified atom stereocenters. The van der Waals surface area contributed by atoms with Crippen LogP contribution in [0.15, 0.2) is 0 Å². The van der Waals surface area contributed by atoms with Crippen LogP contribution < -0.4 is 5.32 Å². The number of hydrogen-bond donors (Lipinski definition) is 1. The van der Waals surface area contributed by atoms with E-state index < -0.39 is 24.2 Å². The first-order valence-electron chi connectivity index (χ1n) is 4.55. The maximum Gasteiger partial charge on any atom is 0.407 e. The lowest BCUT2D eigenvalue weighted by atomic mass is 10.1. The summed E-state index contributed by atoms with van der Waals surface area (Å²) in [5.74, 6) is -0.561. The molecular formula is C9H17NO5. The molecule has 0 heterocycles. The molecule has 6 heteroatoms. The molecule has 1 N–H and O–H groups in total. The number of alkyl carbamates (subject to hydrolysis) is 1. The van der Waals surface area contributed by atoms with E-state index in [1.54, 1.807) is 0 Å². The molecule has 15 heavy (non-hydrogen) atoms. The molecule has 0 spiro atoms. The molecule has 0 saturated carbocycles. The zero-order chi connectivity index (χ0) is 11.8. The smallest absolute Gasteiger partial charge is 0.407 e. The summed E-state index contributed by atoms with van der Waals surface area (Å²) in [7, 11) is 3.93. The van der Waals surface area contributed by atoms with Gasteiger partial charge in [0.2, 0.25) is 0 Å². The van der Waals surface area contributed by atoms with Gasteiger partial charge in [-0.1, -0.05) is 6.92 Å². The second-order valence-corrected chi connectivity index (χ2v) is 2.82. The van der Waals surface area contributed by atoms with Gasteiger partial charge in [-0.25, -0.2) is 9.59 Å². The minimum Gasteiger partial charge on any atom is -0.467 e. The molecule has 0 radical (unpaired) electrons. The van der Waals surface area contributed by atoms with Crippen molar-refractivity contribution in [2.24, 2.45) is 0 Å². The lowest BCUT2D eigenvalue weighted by Gasteiger charge is -2.23. The molecule has 88 valence electrons. The van der Waals surface area contributed by atoms with Gasteiger partial charge in [-0.15, -0.1) is 0 Å². The van der Waals surface area contributed by atoms with Crippen molar-refractivity contribution in [3.8, 4) is 0 Å². The molecule has 0 fully saturated rings. The van der Waals surface area contributed by atoms with E-state index in [0.717, 1.165) is 0 Å². The Labute approximate surface area is 88.9 Å². The van der Waals surface area contributed by atoms with Crippen LogP contribution in [0.3, 0.4) is 0 Å². The van der Waals surface area contributed by atoms with Crippen LogP contribution in [0.5, 0.6) is 0 Å². The summed E-state index contributed by atoms with van der Waals surface area (Å²) in [5.41, 5.74) is 0. The van der Waals surface area contributed by atoms with E-state index in [4.69, 9.17) is 4.74 Å². The van der Waals surface area contributed by atoms with Gasteiger partial charge >= 0.3 is 12.1 Å². The third kappa shape index (κ3) is 4.16. The number of rotatable bonds is 5. The van der Waals surface area contributed by atoms with Crippen LogP contribution >= 0.6 is 0 Å². The van der Waals surface area contributed by atoms with Crippen molar-refractivity contribution in [3.05, 3.63) is 0 Å². The summed E-state index contributed by atoms with van der Waals surface area (Å²) in [4.78, 5) is 22.3. The standard InChI is InChI=1S/C9H17NO5/c1-5-6(13-2)7(8(11)14-3)10-9(12)15-4/h6-7H,5H2,1-4H3,(H,10,12). The molecular weight excluding hydrogens is 202 g/mol. The van der Waals surface area contributed by atoms with Gasteiger partial charge in [0.05, 0.1) is 20.3 Å². The fourth-order valence-corrected chi connectivity index (χ4v) is 1.15. The third-order valence-electron chi connectivity index (χ3n) is 1.99. The molecule has 0 aliphatic rings. The lowest BCUT2D eigenvalue weighted by Crippen LogP contribution is -2.49. The van der Waals surface area contributed by atoms with E-state index in [9.17, 15) is 9.59 Å². The molecule has 0 aromatic heterocycles. The van der Waals surface area contributed by atoms with E-state index in [1.165, 1.54) is 21.3 Å². The van der Waals surface area contributed by atoms with Crippen LogP contribution in [0.1, 0.15) is 13.3 Å². The number of amides is 1. The van der Waals surface area contributed by atoms with E-state index in [0.29, 0.717) is 6.42 Å². The molecule has 6 nitrogen and oxygen atoms in total. The summed E-state index contributed by atoms with van der Waals surface area (Å²) in [6.07, 6.45) is -0.558. The maximum absolute atomic E-state index is 11.4. The summed E-state index contributed by atoms with van der Waals surface area (Å²) < 4.78 is 14.0. The van der Waals surface area contributed by atoms with Crippen LogP contribution in [-0.4, -0.2) is 45.5 Å². The van der Waals surface area contributed by atoms with Gasteiger partial charge in [-0.2, -0.15) is 0 Å². The predicted octanol–water partition coefficient (Wildman–Crippen LogP) is 0.309. The second kappa shape index (κ2) is 7.05. The molecule has 0 aromatic carbocycles. The summed E-state index contributed by atoms with van der Waals surface area (Å²) in [6, 6.07) is -0.850. The van der Waals surface area contributed by atoms with E-state index in [-0.39, 0.29) is 0 Å². The highest BCUT2D eigenvalue weighted by molar-refractivity contribution is 5.81. The van der Waals surface area contributed by atoms with Crippen molar-refractivity contribution >= 4 is 12.1 Å². The average Bonchev–Trinajstić information content (AvgIpc) is 2.27. The fourth-order valence-electron chi connectivity index (χ4n) is 1.15. The molecule has 0 rings (SSSR count). The Balaban J connectivity index is 4.56. The number of nitrogens with one attached hydrogen (secondary N) is 1. The highest BCUT2D eigenvalue weighted by atomic mass is 16.5. The quantitative estimate of drug-likeness (QED) is 0.673. The molecule has 0 aliphatic carbocycles. The van der Waals surface area contributed by atoms with Gasteiger partial charge in [-0.05, 0) is 6.42 Å². The zero-order valence-corrected chi connectivity index (χ0v) is 9.40. The normalized spacial score (nSPS) is 13.9. The van der Waals surface area contributed by atoms with Crippen molar-refractivity contribution < 1.29 is 23.8 Å². The maximum atomic E-state index is 11.4. The number of carbonyl (C=O) groups is 2. The summed E-state index contributed by atoms with van der Waals surface area (Å²) >= 11 is 0. The summed E-state index contributed by atoms with van der Waals surface area (Å²) in [5, 5.41) is 2.36. The zero-order valence-electron chi connectivity index (χ0n) is 9.40. The topological polar surface area (TPSA) is 73.9 Å². The highest BCUT2D eigenvalue weighted by Crippen LogP contribution is 2.05. The first-order valence-corrected chi connectivity index (χ1v) is 4.55. The second-order valence-electron chi connectivity index (χ2n) is 2.82. The largest absolute Gasteiger partial charge is 0.467 e. The summed E-state index contributed by atoms with van der Waals surface area (Å²) in [6.45, 7) is 1.84. The van der Waals surface area contributed by atoms with E-state index >= 15 is 0 Å². The van der Waals surface area contributed by atoms with Gasteiger partial charge in [0, 0.05) is 7.11 Å². The van der Waals surface area contributed by atoms with Crippen LogP contribution in [-0.2, 0) is 19.0 Å². The van der Waals surface area contributed by atoms with E-state index in [1.807, 2.05) is 6.92 Å². The van der Waals surface area contributed by atoms with Crippen LogP contribution in [0, 0.1) is 0 Å². The third-order valence-corrected chi connectivity index (χ3v) is 1.99. The Morgan fingerprint density at radius 2 is 1.80 bits per heavy atom. The van der Waals surface area contributed by atoms with Crippen molar-refractivity contribution in [3.63, 3.8) is 0 Å². The SMILES string of the molecule is CCC(OC)C(NC(=O)OC)C(=O)OC. The molecule has 0 aliphatic heterocycles. The van der Waals surface area contributed by atoms with Gasteiger partial charge in [0.1, 0.15) is 0 Å². The predicted molar refractivity (Wildman–Crippen MR) is 52.4 cm³/mol. The number of ether oxygens (including phenoxy) is 3. The molecule has 0 saturated heterocycles. The highest BCUT2D eigenvalue weighted by Gasteiger charge is 2.29. The molecule has 2 atom stereocenters. The average molecular weight is 219 g/mol. The van der Waals surface area contributed by atoms with E-state index in [2.05, 4.69) is 14.8 Å². The van der Waals surface area contributed by atoms with Crippen molar-refractivity contribution in [1.82, 2.24) is 5.32 Å². The van der Waals surface area contributed by atoms with Crippen molar-refractivity contribution in [2.75, 3.05) is 21.3 Å². The van der Waals surface area contributed by atoms with Crippen LogP contribution in [0.2, 0.25) is 0 Å². The van der Waals surface area contributed by atoms with Gasteiger partial charge in [0.15, 0.2) is 6.04 Å². The Kier molecular flexibility index (Phi) is 6.44. The van der Waals surface area contributed by atoms with Crippen LogP contribution in [0.25, 0.3) is 0 Å².